The molecular formula is C14H17N3O. The molecule has 1 aromatic carbocycles. The summed E-state index contributed by atoms with van der Waals surface area (Å²) in [5, 5.41) is 0. The van der Waals surface area contributed by atoms with Crippen LogP contribution in [0.5, 0.6) is 5.75 Å². The Hall–Kier alpha value is -2.10. The van der Waals surface area contributed by atoms with Gasteiger partial charge in [-0.05, 0) is 24.6 Å². The van der Waals surface area contributed by atoms with Gasteiger partial charge in [0.05, 0.1) is 19.1 Å². The summed E-state index contributed by atoms with van der Waals surface area (Å²) in [5.74, 6) is 0.790. The predicted octanol–water partition coefficient (Wildman–Crippen LogP) is 2.68. The summed E-state index contributed by atoms with van der Waals surface area (Å²) in [5.41, 5.74) is 3.03. The fourth-order valence-electron chi connectivity index (χ4n) is 1.71. The second-order valence-corrected chi connectivity index (χ2v) is 4.22. The quantitative estimate of drug-likeness (QED) is 0.774. The van der Waals surface area contributed by atoms with E-state index in [1.54, 1.807) is 13.4 Å². The number of benzene rings is 1. The fraction of sp³-hybridized carbons (Fsp3) is 0.286. The highest BCUT2D eigenvalue weighted by molar-refractivity contribution is 5.68. The van der Waals surface area contributed by atoms with E-state index >= 15 is 0 Å². The number of aliphatic imine (C=N–C) groups is 1. The Balaban J connectivity index is 2.11. The van der Waals surface area contributed by atoms with Gasteiger partial charge in [-0.3, -0.25) is 4.99 Å². The van der Waals surface area contributed by atoms with Gasteiger partial charge in [0.2, 0.25) is 0 Å². The van der Waals surface area contributed by atoms with Crippen LogP contribution in [0.2, 0.25) is 0 Å². The SMILES string of the molecule is COc1ccc(C)cc1N=CCc1cn(C)cn1. The number of hydrogen-bond acceptors (Lipinski definition) is 3. The molecule has 2 rings (SSSR count). The molecule has 0 aliphatic rings. The van der Waals surface area contributed by atoms with Crippen molar-refractivity contribution in [2.24, 2.45) is 12.0 Å². The molecule has 0 aliphatic heterocycles. The topological polar surface area (TPSA) is 39.4 Å². The molecule has 0 saturated heterocycles. The standard InChI is InChI=1S/C14H17N3O/c1-11-4-5-14(18-3)13(8-11)15-7-6-12-9-17(2)10-16-12/h4-5,7-10H,6H2,1-3H3. The molecule has 0 aliphatic carbocycles. The highest BCUT2D eigenvalue weighted by Gasteiger charge is 2.00. The van der Waals surface area contributed by atoms with Crippen LogP contribution in [0.4, 0.5) is 5.69 Å². The van der Waals surface area contributed by atoms with Crippen molar-refractivity contribution in [3.8, 4) is 5.75 Å². The number of nitrogens with zero attached hydrogens (tertiary/aromatic N) is 3. The lowest BCUT2D eigenvalue weighted by Gasteiger charge is -2.04. The van der Waals surface area contributed by atoms with Crippen LogP contribution in [0.15, 0.2) is 35.7 Å². The summed E-state index contributed by atoms with van der Waals surface area (Å²) in [7, 11) is 3.61. The second kappa shape index (κ2) is 5.49. The van der Waals surface area contributed by atoms with Crippen LogP contribution in [-0.2, 0) is 13.5 Å². The van der Waals surface area contributed by atoms with Gasteiger partial charge in [0.1, 0.15) is 11.4 Å². The Kier molecular flexibility index (Phi) is 3.77. The van der Waals surface area contributed by atoms with Gasteiger partial charge in [-0.2, -0.15) is 0 Å². The van der Waals surface area contributed by atoms with E-state index in [-0.39, 0.29) is 0 Å². The van der Waals surface area contributed by atoms with Crippen LogP contribution in [0, 0.1) is 6.92 Å². The van der Waals surface area contributed by atoms with Crippen molar-refractivity contribution in [2.75, 3.05) is 7.11 Å². The van der Waals surface area contributed by atoms with Crippen molar-refractivity contribution in [3.05, 3.63) is 42.0 Å². The van der Waals surface area contributed by atoms with Crippen LogP contribution in [0.1, 0.15) is 11.3 Å². The van der Waals surface area contributed by atoms with Crippen LogP contribution >= 0.6 is 0 Å². The van der Waals surface area contributed by atoms with Gasteiger partial charge in [0.25, 0.3) is 0 Å². The van der Waals surface area contributed by atoms with Crippen molar-refractivity contribution in [1.29, 1.82) is 0 Å². The minimum absolute atomic E-state index is 0.720. The van der Waals surface area contributed by atoms with Crippen molar-refractivity contribution < 1.29 is 4.74 Å². The zero-order valence-electron chi connectivity index (χ0n) is 10.9. The van der Waals surface area contributed by atoms with Crippen molar-refractivity contribution in [2.45, 2.75) is 13.3 Å². The number of aryl methyl sites for hydroxylation is 2. The van der Waals surface area contributed by atoms with E-state index in [0.717, 1.165) is 23.6 Å². The number of methoxy groups -OCH3 is 1. The lowest BCUT2D eigenvalue weighted by molar-refractivity contribution is 0.416. The van der Waals surface area contributed by atoms with Crippen molar-refractivity contribution >= 4 is 11.9 Å². The number of aromatic nitrogens is 2. The summed E-state index contributed by atoms with van der Waals surface area (Å²) in [4.78, 5) is 8.69. The third-order valence-electron chi connectivity index (χ3n) is 2.62. The Morgan fingerprint density at radius 1 is 1.44 bits per heavy atom. The Morgan fingerprint density at radius 2 is 2.28 bits per heavy atom. The molecule has 0 fully saturated rings. The van der Waals surface area contributed by atoms with E-state index in [2.05, 4.69) is 9.98 Å². The second-order valence-electron chi connectivity index (χ2n) is 4.22. The van der Waals surface area contributed by atoms with Crippen molar-refractivity contribution in [1.82, 2.24) is 9.55 Å². The fourth-order valence-corrected chi connectivity index (χ4v) is 1.71. The zero-order valence-corrected chi connectivity index (χ0v) is 10.9. The molecule has 0 spiro atoms. The summed E-state index contributed by atoms with van der Waals surface area (Å²) in [6.45, 7) is 2.04. The molecule has 2 aromatic rings. The highest BCUT2D eigenvalue weighted by Crippen LogP contribution is 2.27. The maximum atomic E-state index is 5.27. The smallest absolute Gasteiger partial charge is 0.144 e. The maximum absolute atomic E-state index is 5.27. The van der Waals surface area contributed by atoms with Gasteiger partial charge in [0.15, 0.2) is 0 Å². The molecule has 18 heavy (non-hydrogen) atoms. The molecule has 0 N–H and O–H groups in total. The molecule has 4 heteroatoms. The molecule has 1 aromatic heterocycles. The van der Waals surface area contributed by atoms with Crippen molar-refractivity contribution in [3.63, 3.8) is 0 Å². The third-order valence-corrected chi connectivity index (χ3v) is 2.62. The summed E-state index contributed by atoms with van der Waals surface area (Å²) in [6, 6.07) is 5.95. The first-order valence-corrected chi connectivity index (χ1v) is 5.83. The predicted molar refractivity (Wildman–Crippen MR) is 72.8 cm³/mol. The maximum Gasteiger partial charge on any atom is 0.144 e. The molecule has 0 radical (unpaired) electrons. The normalized spacial score (nSPS) is 11.1. The average Bonchev–Trinajstić information content (AvgIpc) is 2.75. The van der Waals surface area contributed by atoms with E-state index in [0.29, 0.717) is 0 Å². The lowest BCUT2D eigenvalue weighted by Crippen LogP contribution is -1.88. The number of rotatable bonds is 4. The van der Waals surface area contributed by atoms with Crippen LogP contribution in [0.3, 0.4) is 0 Å². The largest absolute Gasteiger partial charge is 0.494 e. The number of imidazole rings is 1. The van der Waals surface area contributed by atoms with Crippen LogP contribution < -0.4 is 4.74 Å². The third kappa shape index (κ3) is 2.97. The first kappa shape index (κ1) is 12.4. The van der Waals surface area contributed by atoms with E-state index in [9.17, 15) is 0 Å². The van der Waals surface area contributed by atoms with E-state index in [1.165, 1.54) is 5.56 Å². The zero-order chi connectivity index (χ0) is 13.0. The van der Waals surface area contributed by atoms with Gasteiger partial charge in [0, 0.05) is 25.9 Å². The molecule has 0 saturated carbocycles. The molecule has 0 unspecified atom stereocenters. The number of hydrogen-bond donors (Lipinski definition) is 0. The Bertz CT molecular complexity index is 558. The molecule has 0 bridgehead atoms. The van der Waals surface area contributed by atoms with Gasteiger partial charge in [-0.15, -0.1) is 0 Å². The minimum atomic E-state index is 0.720. The van der Waals surface area contributed by atoms with E-state index < -0.39 is 0 Å². The van der Waals surface area contributed by atoms with E-state index in [4.69, 9.17) is 4.74 Å². The van der Waals surface area contributed by atoms with Gasteiger partial charge < -0.3 is 9.30 Å². The van der Waals surface area contributed by atoms with Crippen LogP contribution in [0.25, 0.3) is 0 Å². The molecule has 4 nitrogen and oxygen atoms in total. The Morgan fingerprint density at radius 3 is 2.94 bits per heavy atom. The highest BCUT2D eigenvalue weighted by atomic mass is 16.5. The number of ether oxygens (including phenoxy) is 1. The molecule has 1 heterocycles. The average molecular weight is 243 g/mol. The van der Waals surface area contributed by atoms with Gasteiger partial charge in [-0.25, -0.2) is 4.98 Å². The molecule has 0 amide bonds. The van der Waals surface area contributed by atoms with E-state index in [1.807, 2.05) is 49.1 Å². The Labute approximate surface area is 107 Å². The summed E-state index contributed by atoms with van der Waals surface area (Å²) >= 11 is 0. The first-order chi connectivity index (χ1) is 8.69. The minimum Gasteiger partial charge on any atom is -0.494 e. The summed E-state index contributed by atoms with van der Waals surface area (Å²) in [6.07, 6.45) is 6.35. The van der Waals surface area contributed by atoms with Gasteiger partial charge in [-0.1, -0.05) is 6.07 Å². The molecule has 0 atom stereocenters. The molecule has 94 valence electrons. The van der Waals surface area contributed by atoms with Crippen LogP contribution in [-0.4, -0.2) is 22.9 Å². The summed E-state index contributed by atoms with van der Waals surface area (Å²) < 4.78 is 7.20. The monoisotopic (exact) mass is 243 g/mol. The lowest BCUT2D eigenvalue weighted by atomic mass is 10.2. The molecular weight excluding hydrogens is 226 g/mol. The van der Waals surface area contributed by atoms with Gasteiger partial charge >= 0.3 is 0 Å². The first-order valence-electron chi connectivity index (χ1n) is 5.83.